The molecule has 118 valence electrons. The summed E-state index contributed by atoms with van der Waals surface area (Å²) in [4.78, 5) is 2.34. The predicted octanol–water partition coefficient (Wildman–Crippen LogP) is 1.51. The third-order valence-corrected chi connectivity index (χ3v) is 5.99. The van der Waals surface area contributed by atoms with Crippen LogP contribution in [0, 0.1) is 5.82 Å². The highest BCUT2D eigenvalue weighted by atomic mass is 32.2. The van der Waals surface area contributed by atoms with E-state index in [0.29, 0.717) is 32.2 Å². The quantitative estimate of drug-likeness (QED) is 0.855. The van der Waals surface area contributed by atoms with Crippen LogP contribution in [0.1, 0.15) is 20.3 Å². The molecule has 0 saturated carbocycles. The van der Waals surface area contributed by atoms with Crippen molar-refractivity contribution in [2.45, 2.75) is 31.2 Å². The molecule has 1 saturated heterocycles. The van der Waals surface area contributed by atoms with E-state index in [1.807, 2.05) is 0 Å². The lowest BCUT2D eigenvalue weighted by Crippen LogP contribution is -2.51. The molecule has 0 aliphatic carbocycles. The van der Waals surface area contributed by atoms with Crippen LogP contribution in [0.25, 0.3) is 0 Å². The number of rotatable bonds is 4. The zero-order valence-electron chi connectivity index (χ0n) is 12.4. The van der Waals surface area contributed by atoms with Crippen molar-refractivity contribution < 1.29 is 12.8 Å². The van der Waals surface area contributed by atoms with Crippen LogP contribution in [0.4, 0.5) is 10.1 Å². The molecule has 1 atom stereocenters. The van der Waals surface area contributed by atoms with E-state index in [9.17, 15) is 12.8 Å². The van der Waals surface area contributed by atoms with E-state index in [1.54, 1.807) is 0 Å². The molecule has 2 rings (SSSR count). The van der Waals surface area contributed by atoms with Crippen molar-refractivity contribution in [3.63, 3.8) is 0 Å². The van der Waals surface area contributed by atoms with Crippen LogP contribution in [-0.2, 0) is 10.0 Å². The highest BCUT2D eigenvalue weighted by Crippen LogP contribution is 2.22. The predicted molar refractivity (Wildman–Crippen MR) is 80.9 cm³/mol. The minimum atomic E-state index is -3.60. The first-order valence-electron chi connectivity index (χ1n) is 7.15. The van der Waals surface area contributed by atoms with Gasteiger partial charge in [-0.2, -0.15) is 4.31 Å². The molecule has 0 aromatic heterocycles. The Hall–Kier alpha value is -1.18. The third kappa shape index (κ3) is 3.36. The Labute approximate surface area is 125 Å². The van der Waals surface area contributed by atoms with Gasteiger partial charge in [0.1, 0.15) is 5.82 Å². The molecule has 5 nitrogen and oxygen atoms in total. The van der Waals surface area contributed by atoms with Gasteiger partial charge in [0, 0.05) is 32.2 Å². The summed E-state index contributed by atoms with van der Waals surface area (Å²) < 4.78 is 39.7. The van der Waals surface area contributed by atoms with Crippen LogP contribution < -0.4 is 5.73 Å². The molecular formula is C14H22FN3O2S. The largest absolute Gasteiger partial charge is 0.396 e. The van der Waals surface area contributed by atoms with Crippen LogP contribution >= 0.6 is 0 Å². The first-order chi connectivity index (χ1) is 9.86. The number of hydrogen-bond acceptors (Lipinski definition) is 4. The Kier molecular flexibility index (Phi) is 4.85. The molecule has 0 amide bonds. The summed E-state index contributed by atoms with van der Waals surface area (Å²) in [5.41, 5.74) is 5.32. The monoisotopic (exact) mass is 315 g/mol. The lowest BCUT2D eigenvalue weighted by molar-refractivity contribution is 0.142. The summed E-state index contributed by atoms with van der Waals surface area (Å²) in [6.45, 7) is 6.59. The minimum Gasteiger partial charge on any atom is -0.396 e. The van der Waals surface area contributed by atoms with Gasteiger partial charge in [0.25, 0.3) is 0 Å². The van der Waals surface area contributed by atoms with Crippen molar-refractivity contribution in [2.75, 3.05) is 31.9 Å². The lowest BCUT2D eigenvalue weighted by atomic mass is 10.2. The van der Waals surface area contributed by atoms with E-state index in [4.69, 9.17) is 5.73 Å². The number of nitrogen functional groups attached to an aromatic ring is 1. The SMILES string of the molecule is CCC(C)N1CCN(S(=O)(=O)c2ccc(F)c(N)c2)CC1. The van der Waals surface area contributed by atoms with E-state index >= 15 is 0 Å². The zero-order chi connectivity index (χ0) is 15.6. The van der Waals surface area contributed by atoms with Crippen LogP contribution in [0.5, 0.6) is 0 Å². The number of piperazine rings is 1. The molecule has 7 heteroatoms. The highest BCUT2D eigenvalue weighted by Gasteiger charge is 2.29. The van der Waals surface area contributed by atoms with Crippen LogP contribution in [0.2, 0.25) is 0 Å². The maximum Gasteiger partial charge on any atom is 0.243 e. The first kappa shape index (κ1) is 16.2. The fraction of sp³-hybridized carbons (Fsp3) is 0.571. The molecule has 0 bridgehead atoms. The number of nitrogens with zero attached hydrogens (tertiary/aromatic N) is 2. The summed E-state index contributed by atoms with van der Waals surface area (Å²) in [5.74, 6) is -0.601. The molecular weight excluding hydrogens is 293 g/mol. The summed E-state index contributed by atoms with van der Waals surface area (Å²) in [6, 6.07) is 4.00. The molecule has 1 heterocycles. The van der Waals surface area contributed by atoms with E-state index in [2.05, 4.69) is 18.7 Å². The fourth-order valence-electron chi connectivity index (χ4n) is 2.47. The summed E-state index contributed by atoms with van der Waals surface area (Å²) in [7, 11) is -3.60. The number of halogens is 1. The second-order valence-electron chi connectivity index (χ2n) is 5.38. The Morgan fingerprint density at radius 3 is 2.43 bits per heavy atom. The maximum absolute atomic E-state index is 13.2. The van der Waals surface area contributed by atoms with Crippen LogP contribution in [0.15, 0.2) is 23.1 Å². The molecule has 21 heavy (non-hydrogen) atoms. The standard InChI is InChI=1S/C14H22FN3O2S/c1-3-11(2)17-6-8-18(9-7-17)21(19,20)12-4-5-13(15)14(16)10-12/h4-5,10-11H,3,6-9,16H2,1-2H3. The van der Waals surface area contributed by atoms with Crippen molar-refractivity contribution in [3.8, 4) is 0 Å². The average molecular weight is 315 g/mol. The number of sulfonamides is 1. The number of anilines is 1. The van der Waals surface area contributed by atoms with Gasteiger partial charge < -0.3 is 5.73 Å². The number of hydrogen-bond donors (Lipinski definition) is 1. The van der Waals surface area contributed by atoms with Crippen molar-refractivity contribution in [2.24, 2.45) is 0 Å². The topological polar surface area (TPSA) is 66.6 Å². The summed E-state index contributed by atoms with van der Waals surface area (Å²) in [5, 5.41) is 0. The molecule has 2 N–H and O–H groups in total. The second kappa shape index (κ2) is 6.29. The summed E-state index contributed by atoms with van der Waals surface area (Å²) in [6.07, 6.45) is 1.04. The van der Waals surface area contributed by atoms with Crippen molar-refractivity contribution in [1.82, 2.24) is 9.21 Å². The van der Waals surface area contributed by atoms with E-state index in [1.165, 1.54) is 16.4 Å². The normalized spacial score (nSPS) is 19.6. The van der Waals surface area contributed by atoms with Gasteiger partial charge in [0.2, 0.25) is 10.0 Å². The van der Waals surface area contributed by atoms with Crippen LogP contribution in [-0.4, -0.2) is 49.8 Å². The zero-order valence-corrected chi connectivity index (χ0v) is 13.2. The Morgan fingerprint density at radius 1 is 1.29 bits per heavy atom. The van der Waals surface area contributed by atoms with E-state index in [0.717, 1.165) is 12.5 Å². The van der Waals surface area contributed by atoms with Gasteiger partial charge in [-0.3, -0.25) is 4.90 Å². The molecule has 1 aromatic carbocycles. The van der Waals surface area contributed by atoms with Gasteiger partial charge in [-0.05, 0) is 31.5 Å². The Bertz CT molecular complexity index is 598. The van der Waals surface area contributed by atoms with Crippen LogP contribution in [0.3, 0.4) is 0 Å². The van der Waals surface area contributed by atoms with E-state index < -0.39 is 15.8 Å². The highest BCUT2D eigenvalue weighted by molar-refractivity contribution is 7.89. The first-order valence-corrected chi connectivity index (χ1v) is 8.59. The van der Waals surface area contributed by atoms with Crippen molar-refractivity contribution >= 4 is 15.7 Å². The van der Waals surface area contributed by atoms with Gasteiger partial charge in [-0.1, -0.05) is 6.92 Å². The fourth-order valence-corrected chi connectivity index (χ4v) is 3.93. The Balaban J connectivity index is 2.13. The molecule has 0 spiro atoms. The molecule has 1 fully saturated rings. The van der Waals surface area contributed by atoms with Crippen molar-refractivity contribution in [1.29, 1.82) is 0 Å². The number of nitrogens with two attached hydrogens (primary N) is 1. The van der Waals surface area contributed by atoms with Gasteiger partial charge >= 0.3 is 0 Å². The van der Waals surface area contributed by atoms with Gasteiger partial charge in [0.05, 0.1) is 10.6 Å². The second-order valence-corrected chi connectivity index (χ2v) is 7.32. The Morgan fingerprint density at radius 2 is 1.90 bits per heavy atom. The molecule has 1 aliphatic heterocycles. The maximum atomic E-state index is 13.2. The molecule has 1 aliphatic rings. The number of benzene rings is 1. The molecule has 1 aromatic rings. The minimum absolute atomic E-state index is 0.0541. The third-order valence-electron chi connectivity index (χ3n) is 4.09. The lowest BCUT2D eigenvalue weighted by Gasteiger charge is -2.37. The van der Waals surface area contributed by atoms with Crippen molar-refractivity contribution in [3.05, 3.63) is 24.0 Å². The van der Waals surface area contributed by atoms with Gasteiger partial charge in [0.15, 0.2) is 0 Å². The summed E-state index contributed by atoms with van der Waals surface area (Å²) >= 11 is 0. The van der Waals surface area contributed by atoms with Gasteiger partial charge in [-0.25, -0.2) is 12.8 Å². The van der Waals surface area contributed by atoms with Gasteiger partial charge in [-0.15, -0.1) is 0 Å². The smallest absolute Gasteiger partial charge is 0.243 e. The van der Waals surface area contributed by atoms with E-state index in [-0.39, 0.29) is 10.6 Å². The average Bonchev–Trinajstić information content (AvgIpc) is 2.49. The molecule has 0 radical (unpaired) electrons. The molecule has 1 unspecified atom stereocenters.